The van der Waals surface area contributed by atoms with Gasteiger partial charge in [-0.3, -0.25) is 0 Å². The van der Waals surface area contributed by atoms with Crippen molar-refractivity contribution >= 4 is 18.1 Å². The molecule has 25 heavy (non-hydrogen) atoms. The monoisotopic (exact) mass is 338 g/mol. The Kier molecular flexibility index (Phi) is 5.54. The standard InChI is InChI=1S/C19H22N4O2/c1-19(2,3)15-8-6-14(7-9-15)17(24)25-16-10-4-13(5-11-16)12-22-23-18(20)21/h4-12H,1-3H3,(H4,20,21,23)/b22-12+. The highest BCUT2D eigenvalue weighted by atomic mass is 16.5. The Hall–Kier alpha value is -3.15. The molecular formula is C19H22N4O2. The van der Waals surface area contributed by atoms with Crippen molar-refractivity contribution in [1.29, 1.82) is 0 Å². The summed E-state index contributed by atoms with van der Waals surface area (Å²) in [5, 5.41) is 7.22. The minimum Gasteiger partial charge on any atom is -0.423 e. The zero-order chi connectivity index (χ0) is 18.4. The molecule has 0 saturated carbocycles. The Balaban J connectivity index is 2.03. The van der Waals surface area contributed by atoms with Gasteiger partial charge in [-0.05, 0) is 52.9 Å². The molecule has 0 fully saturated rings. The van der Waals surface area contributed by atoms with Gasteiger partial charge in [-0.25, -0.2) is 4.79 Å². The second kappa shape index (κ2) is 7.61. The van der Waals surface area contributed by atoms with Crippen LogP contribution in [0.1, 0.15) is 42.3 Å². The predicted molar refractivity (Wildman–Crippen MR) is 99.9 cm³/mol. The molecule has 0 amide bonds. The maximum absolute atomic E-state index is 12.2. The SMILES string of the molecule is CC(C)(C)c1ccc(C(=O)Oc2ccc(/C=N/N=C(N)N)cc2)cc1. The van der Waals surface area contributed by atoms with Crippen molar-refractivity contribution in [2.24, 2.45) is 21.7 Å². The zero-order valence-corrected chi connectivity index (χ0v) is 14.6. The molecule has 6 nitrogen and oxygen atoms in total. The van der Waals surface area contributed by atoms with E-state index in [1.54, 1.807) is 36.4 Å². The fourth-order valence-electron chi connectivity index (χ4n) is 2.06. The van der Waals surface area contributed by atoms with Crippen LogP contribution >= 0.6 is 0 Å². The van der Waals surface area contributed by atoms with Gasteiger partial charge in [0.15, 0.2) is 0 Å². The van der Waals surface area contributed by atoms with Crippen LogP contribution in [0.4, 0.5) is 0 Å². The second-order valence-electron chi connectivity index (χ2n) is 6.56. The fourth-order valence-corrected chi connectivity index (χ4v) is 2.06. The third-order valence-corrected chi connectivity index (χ3v) is 3.46. The summed E-state index contributed by atoms with van der Waals surface area (Å²) in [5.41, 5.74) is 12.8. The van der Waals surface area contributed by atoms with E-state index in [1.807, 2.05) is 12.1 Å². The molecule has 0 bridgehead atoms. The average Bonchev–Trinajstić information content (AvgIpc) is 2.55. The Labute approximate surface area is 147 Å². The molecule has 0 aliphatic heterocycles. The maximum atomic E-state index is 12.2. The lowest BCUT2D eigenvalue weighted by atomic mass is 9.87. The number of benzene rings is 2. The number of nitrogens with zero attached hydrogens (tertiary/aromatic N) is 2. The maximum Gasteiger partial charge on any atom is 0.343 e. The van der Waals surface area contributed by atoms with Crippen molar-refractivity contribution in [3.8, 4) is 5.75 Å². The number of carbonyl (C=O) groups excluding carboxylic acids is 1. The highest BCUT2D eigenvalue weighted by molar-refractivity contribution is 5.91. The Morgan fingerprint density at radius 1 is 1.00 bits per heavy atom. The molecule has 0 heterocycles. The van der Waals surface area contributed by atoms with E-state index in [0.717, 1.165) is 11.1 Å². The Morgan fingerprint density at radius 2 is 1.60 bits per heavy atom. The second-order valence-corrected chi connectivity index (χ2v) is 6.56. The van der Waals surface area contributed by atoms with Gasteiger partial charge in [-0.2, -0.15) is 5.10 Å². The van der Waals surface area contributed by atoms with Crippen LogP contribution in [0.25, 0.3) is 0 Å². The zero-order valence-electron chi connectivity index (χ0n) is 14.6. The van der Waals surface area contributed by atoms with Gasteiger partial charge >= 0.3 is 5.97 Å². The third-order valence-electron chi connectivity index (χ3n) is 3.46. The normalized spacial score (nSPS) is 11.3. The topological polar surface area (TPSA) is 103 Å². The first-order valence-corrected chi connectivity index (χ1v) is 7.80. The van der Waals surface area contributed by atoms with Gasteiger partial charge < -0.3 is 16.2 Å². The number of hydrogen-bond acceptors (Lipinski definition) is 4. The van der Waals surface area contributed by atoms with E-state index in [9.17, 15) is 4.79 Å². The van der Waals surface area contributed by atoms with Crippen LogP contribution in [0, 0.1) is 0 Å². The summed E-state index contributed by atoms with van der Waals surface area (Å²) in [6.07, 6.45) is 1.50. The lowest BCUT2D eigenvalue weighted by molar-refractivity contribution is 0.0734. The van der Waals surface area contributed by atoms with Gasteiger partial charge in [0.25, 0.3) is 0 Å². The molecule has 0 aromatic heterocycles. The summed E-state index contributed by atoms with van der Waals surface area (Å²) in [5.74, 6) is -0.0643. The summed E-state index contributed by atoms with van der Waals surface area (Å²) in [7, 11) is 0. The van der Waals surface area contributed by atoms with Crippen LogP contribution in [-0.2, 0) is 5.41 Å². The average molecular weight is 338 g/mol. The van der Waals surface area contributed by atoms with Crippen LogP contribution < -0.4 is 16.2 Å². The van der Waals surface area contributed by atoms with Crippen molar-refractivity contribution in [3.05, 3.63) is 65.2 Å². The molecule has 4 N–H and O–H groups in total. The lowest BCUT2D eigenvalue weighted by Gasteiger charge is -2.18. The van der Waals surface area contributed by atoms with Gasteiger partial charge in [0.2, 0.25) is 5.96 Å². The molecule has 6 heteroatoms. The smallest absolute Gasteiger partial charge is 0.343 e. The van der Waals surface area contributed by atoms with Crippen LogP contribution in [0.5, 0.6) is 5.75 Å². The van der Waals surface area contributed by atoms with Gasteiger partial charge in [0.05, 0.1) is 11.8 Å². The minimum absolute atomic E-state index is 0.0401. The quantitative estimate of drug-likeness (QED) is 0.294. The number of rotatable bonds is 4. The Bertz CT molecular complexity index is 782. The van der Waals surface area contributed by atoms with E-state index >= 15 is 0 Å². The van der Waals surface area contributed by atoms with Gasteiger partial charge in [0.1, 0.15) is 5.75 Å². The summed E-state index contributed by atoms with van der Waals surface area (Å²) in [6, 6.07) is 14.3. The first-order valence-electron chi connectivity index (χ1n) is 7.80. The number of carbonyl (C=O) groups is 1. The largest absolute Gasteiger partial charge is 0.423 e. The molecule has 2 rings (SSSR count). The summed E-state index contributed by atoms with van der Waals surface area (Å²) < 4.78 is 5.37. The summed E-state index contributed by atoms with van der Waals surface area (Å²) >= 11 is 0. The molecule has 0 unspecified atom stereocenters. The molecule has 0 saturated heterocycles. The summed E-state index contributed by atoms with van der Waals surface area (Å²) in [6.45, 7) is 6.37. The highest BCUT2D eigenvalue weighted by Crippen LogP contribution is 2.22. The summed E-state index contributed by atoms with van der Waals surface area (Å²) in [4.78, 5) is 12.2. The number of esters is 1. The van der Waals surface area contributed by atoms with Crippen molar-refractivity contribution in [3.63, 3.8) is 0 Å². The first-order chi connectivity index (χ1) is 11.8. The van der Waals surface area contributed by atoms with E-state index < -0.39 is 5.97 Å². The third kappa shape index (κ3) is 5.46. The van der Waals surface area contributed by atoms with E-state index in [2.05, 4.69) is 31.0 Å². The molecule has 0 radical (unpaired) electrons. The van der Waals surface area contributed by atoms with Crippen molar-refractivity contribution in [2.75, 3.05) is 0 Å². The number of hydrogen-bond donors (Lipinski definition) is 2. The van der Waals surface area contributed by atoms with Crippen LogP contribution in [0.2, 0.25) is 0 Å². The molecular weight excluding hydrogens is 316 g/mol. The lowest BCUT2D eigenvalue weighted by Crippen LogP contribution is -2.21. The van der Waals surface area contributed by atoms with Crippen molar-refractivity contribution in [2.45, 2.75) is 26.2 Å². The molecule has 0 spiro atoms. The van der Waals surface area contributed by atoms with Gasteiger partial charge in [0, 0.05) is 0 Å². The van der Waals surface area contributed by atoms with Crippen molar-refractivity contribution < 1.29 is 9.53 Å². The van der Waals surface area contributed by atoms with E-state index in [4.69, 9.17) is 16.2 Å². The molecule has 2 aromatic carbocycles. The van der Waals surface area contributed by atoms with Gasteiger partial charge in [-0.15, -0.1) is 5.10 Å². The molecule has 0 aliphatic carbocycles. The van der Waals surface area contributed by atoms with Gasteiger partial charge in [-0.1, -0.05) is 32.9 Å². The van der Waals surface area contributed by atoms with Crippen molar-refractivity contribution in [1.82, 2.24) is 0 Å². The number of nitrogens with two attached hydrogens (primary N) is 2. The van der Waals surface area contributed by atoms with Crippen LogP contribution in [-0.4, -0.2) is 18.1 Å². The number of ether oxygens (including phenoxy) is 1. The molecule has 2 aromatic rings. The fraction of sp³-hybridized carbons (Fsp3) is 0.211. The highest BCUT2D eigenvalue weighted by Gasteiger charge is 2.15. The Morgan fingerprint density at radius 3 is 2.12 bits per heavy atom. The van der Waals surface area contributed by atoms with Crippen LogP contribution in [0.15, 0.2) is 58.7 Å². The predicted octanol–water partition coefficient (Wildman–Crippen LogP) is 2.81. The minimum atomic E-state index is -0.401. The molecule has 0 atom stereocenters. The van der Waals surface area contributed by atoms with E-state index in [1.165, 1.54) is 6.21 Å². The number of guanidine groups is 1. The van der Waals surface area contributed by atoms with E-state index in [0.29, 0.717) is 11.3 Å². The van der Waals surface area contributed by atoms with Crippen LogP contribution in [0.3, 0.4) is 0 Å². The molecule has 130 valence electrons. The van der Waals surface area contributed by atoms with E-state index in [-0.39, 0.29) is 11.4 Å². The molecule has 0 aliphatic rings. The first kappa shape index (κ1) is 18.2.